The summed E-state index contributed by atoms with van der Waals surface area (Å²) in [4.78, 5) is 26.2. The molecule has 1 aliphatic rings. The second kappa shape index (κ2) is 7.09. The van der Waals surface area contributed by atoms with Crippen LogP contribution in [0.2, 0.25) is 0 Å². The number of hydrogen-bond donors (Lipinski definition) is 1. The first kappa shape index (κ1) is 17.0. The molecule has 1 saturated heterocycles. The zero-order valence-electron chi connectivity index (χ0n) is 13.7. The quantitative estimate of drug-likeness (QED) is 0.762. The number of carbonyl (C=O) groups is 2. The van der Waals surface area contributed by atoms with E-state index in [0.717, 1.165) is 12.8 Å². The van der Waals surface area contributed by atoms with E-state index in [2.05, 4.69) is 19.2 Å². The van der Waals surface area contributed by atoms with Gasteiger partial charge in [0, 0.05) is 6.04 Å². The first-order valence-electron chi connectivity index (χ1n) is 7.87. The molecule has 116 valence electrons. The number of carbonyl (C=O) groups excluding carboxylic acids is 2. The lowest BCUT2D eigenvalue weighted by Gasteiger charge is -2.41. The molecule has 0 aromatic carbocycles. The van der Waals surface area contributed by atoms with Gasteiger partial charge in [-0.1, -0.05) is 53.4 Å². The van der Waals surface area contributed by atoms with Gasteiger partial charge in [0.25, 0.3) is 0 Å². The van der Waals surface area contributed by atoms with Crippen molar-refractivity contribution in [1.82, 2.24) is 10.2 Å². The van der Waals surface area contributed by atoms with Crippen molar-refractivity contribution in [3.8, 4) is 0 Å². The lowest BCUT2D eigenvalue weighted by molar-refractivity contribution is -0.149. The van der Waals surface area contributed by atoms with Crippen LogP contribution in [0.3, 0.4) is 0 Å². The predicted molar refractivity (Wildman–Crippen MR) is 81.3 cm³/mol. The second-order valence-corrected chi connectivity index (χ2v) is 7.03. The summed E-state index contributed by atoms with van der Waals surface area (Å²) in [6.07, 6.45) is 5.77. The van der Waals surface area contributed by atoms with Crippen LogP contribution in [0.15, 0.2) is 0 Å². The van der Waals surface area contributed by atoms with Gasteiger partial charge in [-0.15, -0.1) is 0 Å². The highest BCUT2D eigenvalue weighted by molar-refractivity contribution is 5.95. The van der Waals surface area contributed by atoms with Crippen LogP contribution in [0.1, 0.15) is 66.7 Å². The van der Waals surface area contributed by atoms with Crippen molar-refractivity contribution in [2.45, 2.75) is 78.8 Å². The van der Waals surface area contributed by atoms with E-state index in [9.17, 15) is 9.59 Å². The number of unbranched alkanes of at least 4 members (excludes halogenated alkanes) is 3. The molecule has 0 aromatic rings. The Bertz CT molecular complexity index is 347. The number of nitrogens with one attached hydrogen (secondary N) is 1. The molecule has 0 saturated carbocycles. The Hall–Kier alpha value is -1.06. The lowest BCUT2D eigenvalue weighted by Crippen LogP contribution is -2.63. The van der Waals surface area contributed by atoms with Crippen molar-refractivity contribution >= 4 is 11.8 Å². The first-order valence-corrected chi connectivity index (χ1v) is 7.87. The number of hydrogen-bond acceptors (Lipinski definition) is 2. The predicted octanol–water partition coefficient (Wildman–Crippen LogP) is 2.72. The van der Waals surface area contributed by atoms with E-state index in [1.807, 2.05) is 20.8 Å². The average Bonchev–Trinajstić information content (AvgIpc) is 2.35. The van der Waals surface area contributed by atoms with E-state index >= 15 is 0 Å². The zero-order chi connectivity index (χ0) is 15.3. The van der Waals surface area contributed by atoms with Gasteiger partial charge < -0.3 is 10.2 Å². The molecule has 1 heterocycles. The Labute approximate surface area is 123 Å². The fourth-order valence-electron chi connectivity index (χ4n) is 2.65. The topological polar surface area (TPSA) is 49.4 Å². The lowest BCUT2D eigenvalue weighted by atomic mass is 9.84. The Balaban J connectivity index is 2.63. The maximum Gasteiger partial charge on any atom is 0.246 e. The first-order chi connectivity index (χ1) is 9.27. The smallest absolute Gasteiger partial charge is 0.246 e. The van der Waals surface area contributed by atoms with Crippen molar-refractivity contribution in [2.24, 2.45) is 5.41 Å². The monoisotopic (exact) mass is 282 g/mol. The third-order valence-electron chi connectivity index (χ3n) is 4.02. The fourth-order valence-corrected chi connectivity index (χ4v) is 2.65. The van der Waals surface area contributed by atoms with Crippen LogP contribution in [0, 0.1) is 5.41 Å². The minimum absolute atomic E-state index is 0.0371. The Morgan fingerprint density at radius 1 is 1.25 bits per heavy atom. The van der Waals surface area contributed by atoms with E-state index in [-0.39, 0.29) is 29.8 Å². The van der Waals surface area contributed by atoms with E-state index in [1.54, 1.807) is 4.90 Å². The van der Waals surface area contributed by atoms with Crippen LogP contribution < -0.4 is 5.32 Å². The van der Waals surface area contributed by atoms with Crippen LogP contribution in [-0.2, 0) is 9.59 Å². The van der Waals surface area contributed by atoms with E-state index in [1.165, 1.54) is 19.3 Å². The molecule has 0 radical (unpaired) electrons. The molecule has 0 bridgehead atoms. The van der Waals surface area contributed by atoms with E-state index in [0.29, 0.717) is 0 Å². The van der Waals surface area contributed by atoms with Gasteiger partial charge in [0.05, 0.1) is 6.54 Å². The summed E-state index contributed by atoms with van der Waals surface area (Å²) in [5.41, 5.74) is -0.243. The third-order valence-corrected chi connectivity index (χ3v) is 4.02. The zero-order valence-corrected chi connectivity index (χ0v) is 13.7. The van der Waals surface area contributed by atoms with Gasteiger partial charge >= 0.3 is 0 Å². The van der Waals surface area contributed by atoms with Gasteiger partial charge in [-0.05, 0) is 18.8 Å². The molecule has 1 N–H and O–H groups in total. The summed E-state index contributed by atoms with van der Waals surface area (Å²) in [6.45, 7) is 10.4. The Morgan fingerprint density at radius 2 is 1.90 bits per heavy atom. The van der Waals surface area contributed by atoms with Gasteiger partial charge in [-0.3, -0.25) is 9.59 Å². The highest BCUT2D eigenvalue weighted by atomic mass is 16.2. The molecule has 0 spiro atoms. The van der Waals surface area contributed by atoms with Gasteiger partial charge in [0.15, 0.2) is 0 Å². The molecular formula is C16H30N2O2. The standard InChI is InChI=1S/C16H30N2O2/c1-6-7-8-9-10-12(2)18-11-13(19)17-14(15(18)20)16(3,4)5/h12,14H,6-11H2,1-5H3,(H,17,19). The largest absolute Gasteiger partial charge is 0.342 e. The van der Waals surface area contributed by atoms with E-state index in [4.69, 9.17) is 0 Å². The van der Waals surface area contributed by atoms with Crippen LogP contribution in [0.25, 0.3) is 0 Å². The molecule has 1 rings (SSSR count). The summed E-state index contributed by atoms with van der Waals surface area (Å²) in [7, 11) is 0. The Morgan fingerprint density at radius 3 is 2.45 bits per heavy atom. The SMILES string of the molecule is CCCCCCC(C)N1CC(=O)NC(C(C)(C)C)C1=O. The van der Waals surface area contributed by atoms with Crippen LogP contribution in [0.4, 0.5) is 0 Å². The molecule has 4 nitrogen and oxygen atoms in total. The number of piperazine rings is 1. The highest BCUT2D eigenvalue weighted by Gasteiger charge is 2.41. The highest BCUT2D eigenvalue weighted by Crippen LogP contribution is 2.25. The van der Waals surface area contributed by atoms with Crippen LogP contribution in [-0.4, -0.2) is 35.3 Å². The molecule has 2 atom stereocenters. The maximum atomic E-state index is 12.6. The molecule has 0 aromatic heterocycles. The maximum absolute atomic E-state index is 12.6. The summed E-state index contributed by atoms with van der Waals surface area (Å²) in [6, 6.07) is -0.253. The van der Waals surface area contributed by atoms with Crippen LogP contribution >= 0.6 is 0 Å². The molecular weight excluding hydrogens is 252 g/mol. The Kier molecular flexibility index (Phi) is 6.03. The third kappa shape index (κ3) is 4.50. The number of nitrogens with zero attached hydrogens (tertiary/aromatic N) is 1. The fraction of sp³-hybridized carbons (Fsp3) is 0.875. The minimum Gasteiger partial charge on any atom is -0.342 e. The molecule has 2 amide bonds. The van der Waals surface area contributed by atoms with Crippen molar-refractivity contribution < 1.29 is 9.59 Å². The summed E-state index contributed by atoms with van der Waals surface area (Å²) in [5, 5.41) is 2.84. The normalized spacial score (nSPS) is 21.9. The molecule has 0 aliphatic carbocycles. The molecule has 2 unspecified atom stereocenters. The van der Waals surface area contributed by atoms with Gasteiger partial charge in [-0.25, -0.2) is 0 Å². The van der Waals surface area contributed by atoms with E-state index < -0.39 is 6.04 Å². The second-order valence-electron chi connectivity index (χ2n) is 7.03. The number of amides is 2. The van der Waals surface area contributed by atoms with Gasteiger partial charge in [0.2, 0.25) is 11.8 Å². The van der Waals surface area contributed by atoms with Crippen molar-refractivity contribution in [2.75, 3.05) is 6.54 Å². The summed E-state index contributed by atoms with van der Waals surface area (Å²) < 4.78 is 0. The molecule has 20 heavy (non-hydrogen) atoms. The van der Waals surface area contributed by atoms with Gasteiger partial charge in [-0.2, -0.15) is 0 Å². The summed E-state index contributed by atoms with van der Waals surface area (Å²) >= 11 is 0. The van der Waals surface area contributed by atoms with Crippen LogP contribution in [0.5, 0.6) is 0 Å². The summed E-state index contributed by atoms with van der Waals surface area (Å²) in [5.74, 6) is 0.0324. The van der Waals surface area contributed by atoms with Crippen molar-refractivity contribution in [3.63, 3.8) is 0 Å². The molecule has 1 aliphatic heterocycles. The van der Waals surface area contributed by atoms with Gasteiger partial charge in [0.1, 0.15) is 6.04 Å². The molecule has 4 heteroatoms. The molecule has 1 fully saturated rings. The van der Waals surface area contributed by atoms with Crippen molar-refractivity contribution in [1.29, 1.82) is 0 Å². The minimum atomic E-state index is -0.401. The average molecular weight is 282 g/mol. The van der Waals surface area contributed by atoms with Crippen molar-refractivity contribution in [3.05, 3.63) is 0 Å². The number of rotatable bonds is 6.